The molecule has 73 heavy (non-hydrogen) atoms. The van der Waals surface area contributed by atoms with Crippen molar-refractivity contribution in [1.82, 2.24) is 0 Å². The Morgan fingerprint density at radius 1 is 0.479 bits per heavy atom. The van der Waals surface area contributed by atoms with Gasteiger partial charge in [0.05, 0.1) is 6.61 Å². The summed E-state index contributed by atoms with van der Waals surface area (Å²) < 4.78 is 80.3. The number of hydrogen-bond acceptors (Lipinski definition) is 12. The van der Waals surface area contributed by atoms with Crippen molar-refractivity contribution < 1.29 is 56.9 Å². The first kappa shape index (κ1) is 54.8. The molecule has 3 fully saturated rings. The molecule has 1 radical (unpaired) electrons. The topological polar surface area (TPSA) is 126 Å². The average Bonchev–Trinajstić information content (AvgIpc) is 3.42. The van der Waals surface area contributed by atoms with E-state index in [-0.39, 0.29) is 64.2 Å². The maximum absolute atomic E-state index is 14.0. The molecule has 16 atom stereocenters. The van der Waals surface area contributed by atoms with Gasteiger partial charge in [0.15, 0.2) is 0 Å². The van der Waals surface area contributed by atoms with E-state index in [1.54, 1.807) is 31.2 Å². The van der Waals surface area contributed by atoms with E-state index in [4.69, 9.17) is 47.4 Å². The van der Waals surface area contributed by atoms with Crippen molar-refractivity contribution in [2.45, 2.75) is 128 Å². The second-order valence-corrected chi connectivity index (χ2v) is 20.9. The number of benzene rings is 5. The van der Waals surface area contributed by atoms with Crippen LogP contribution >= 0.6 is 8.46 Å². The summed E-state index contributed by atoms with van der Waals surface area (Å²) in [5.74, 6) is -0.736. The van der Waals surface area contributed by atoms with Gasteiger partial charge in [-0.3, -0.25) is 0 Å². The van der Waals surface area contributed by atoms with Gasteiger partial charge in [0.1, 0.15) is 0 Å². The molecule has 0 amide bonds. The summed E-state index contributed by atoms with van der Waals surface area (Å²) in [7, 11) is 0.705. The van der Waals surface area contributed by atoms with Crippen molar-refractivity contribution in [3.05, 3.63) is 179 Å². The predicted octanol–water partition coefficient (Wildman–Crippen LogP) is 9.63. The normalized spacial score (nSPS) is 30.4. The summed E-state index contributed by atoms with van der Waals surface area (Å²) in [6.45, 7) is 14.4. The maximum atomic E-state index is 14.0. The zero-order valence-corrected chi connectivity index (χ0v) is 43.6. The first-order valence-electron chi connectivity index (χ1n) is 25.7. The Balaban J connectivity index is 1.10. The van der Waals surface area contributed by atoms with Crippen molar-refractivity contribution in [3.63, 3.8) is 0 Å². The SMILES string of the molecule is C[C@@H]1C(COCc2ccccc2)O[C@@H](O[C@@H]2C(COCc3ccccc3)O[C@H](OC3[C@@H](C)[C@H](C)C(COCc4ccccc4)O[C@@H]3C)C(OCc3ccccc3)[C@H]2P[B]B=O)C(OC(=O)c2ccccc2)[C@H]1C. The molecule has 385 valence electrons. The van der Waals surface area contributed by atoms with Crippen LogP contribution in [0.3, 0.4) is 0 Å². The molecule has 0 spiro atoms. The molecule has 0 N–H and O–H groups in total. The Morgan fingerprint density at radius 2 is 0.890 bits per heavy atom. The van der Waals surface area contributed by atoms with Crippen molar-refractivity contribution in [2.75, 3.05) is 19.8 Å². The van der Waals surface area contributed by atoms with Gasteiger partial charge in [-0.05, 0) is 5.56 Å². The Hall–Kier alpha value is -4.43. The van der Waals surface area contributed by atoms with Crippen LogP contribution in [-0.2, 0) is 78.5 Å². The van der Waals surface area contributed by atoms with Crippen LogP contribution in [0.5, 0.6) is 0 Å². The van der Waals surface area contributed by atoms with E-state index in [1.165, 1.54) is 0 Å². The molecule has 12 nitrogen and oxygen atoms in total. The van der Waals surface area contributed by atoms with Gasteiger partial charge in [0, 0.05) is 0 Å². The molecule has 0 aliphatic carbocycles. The van der Waals surface area contributed by atoms with Crippen LogP contribution < -0.4 is 0 Å². The van der Waals surface area contributed by atoms with Gasteiger partial charge in [-0.25, -0.2) is 0 Å². The Morgan fingerprint density at radius 3 is 1.40 bits per heavy atom. The van der Waals surface area contributed by atoms with Gasteiger partial charge in [-0.1, -0.05) is 66.7 Å². The summed E-state index contributed by atoms with van der Waals surface area (Å²) in [6, 6.07) is 48.9. The third-order valence-corrected chi connectivity index (χ3v) is 16.0. The number of esters is 1. The van der Waals surface area contributed by atoms with Crippen LogP contribution in [0.2, 0.25) is 0 Å². The van der Waals surface area contributed by atoms with Gasteiger partial charge in [-0.15, -0.1) is 0 Å². The van der Waals surface area contributed by atoms with Gasteiger partial charge in [0.25, 0.3) is 0 Å². The molecule has 15 heteroatoms. The summed E-state index contributed by atoms with van der Waals surface area (Å²) in [5.41, 5.74) is 3.97. The predicted molar refractivity (Wildman–Crippen MR) is 281 cm³/mol. The number of hydrogen-bond donors (Lipinski definition) is 0. The summed E-state index contributed by atoms with van der Waals surface area (Å²) >= 11 is 0. The van der Waals surface area contributed by atoms with Gasteiger partial charge >= 0.3 is 357 Å². The molecular weight excluding hydrogens is 941 g/mol. The molecule has 3 heterocycles. The van der Waals surface area contributed by atoms with Gasteiger partial charge < -0.3 is 0 Å². The number of rotatable bonds is 24. The van der Waals surface area contributed by atoms with Crippen molar-refractivity contribution in [1.29, 1.82) is 0 Å². The third-order valence-electron chi connectivity index (χ3n) is 14.6. The number of carbonyl (C=O) groups excluding carboxylic acids is 1. The van der Waals surface area contributed by atoms with Crippen LogP contribution in [0.15, 0.2) is 152 Å². The fraction of sp³-hybridized carbons (Fsp3) is 0.466. The van der Waals surface area contributed by atoms with Crippen molar-refractivity contribution in [3.8, 4) is 0 Å². The molecule has 0 bridgehead atoms. The Kier molecular flexibility index (Phi) is 21.0. The van der Waals surface area contributed by atoms with E-state index >= 15 is 0 Å². The summed E-state index contributed by atoms with van der Waals surface area (Å²) in [5, 5.41) is 0. The van der Waals surface area contributed by atoms with Crippen LogP contribution in [0.1, 0.15) is 67.2 Å². The second kappa shape index (κ2) is 27.9. The third kappa shape index (κ3) is 15.1. The van der Waals surface area contributed by atoms with E-state index in [2.05, 4.69) is 39.8 Å². The van der Waals surface area contributed by atoms with E-state index < -0.39 is 60.8 Å². The van der Waals surface area contributed by atoms with E-state index in [0.717, 1.165) is 29.3 Å². The monoisotopic (exact) mass is 1010 g/mol. The molecule has 3 aliphatic heterocycles. The fourth-order valence-corrected chi connectivity index (χ4v) is 11.2. The van der Waals surface area contributed by atoms with E-state index in [1.807, 2.05) is 122 Å². The van der Waals surface area contributed by atoms with Crippen molar-refractivity contribution >= 4 is 28.4 Å². The number of ether oxygens (including phenoxy) is 10. The second-order valence-electron chi connectivity index (χ2n) is 19.6. The van der Waals surface area contributed by atoms with Gasteiger partial charge in [-0.2, -0.15) is 0 Å². The molecule has 0 saturated carbocycles. The van der Waals surface area contributed by atoms with E-state index in [0.29, 0.717) is 32.0 Å². The minimum absolute atomic E-state index is 0.0249. The van der Waals surface area contributed by atoms with Crippen LogP contribution in [-0.4, -0.2) is 107 Å². The summed E-state index contributed by atoms with van der Waals surface area (Å²) in [4.78, 5) is 14.0. The van der Waals surface area contributed by atoms with E-state index in [9.17, 15) is 9.50 Å². The molecule has 3 aliphatic rings. The first-order valence-corrected chi connectivity index (χ1v) is 26.9. The van der Waals surface area contributed by atoms with Gasteiger partial charge in [0.2, 0.25) is 0 Å². The molecular formula is C58H70B2O12P. The first-order chi connectivity index (χ1) is 35.7. The fourth-order valence-electron chi connectivity index (χ4n) is 9.99. The molecule has 3 saturated heterocycles. The van der Waals surface area contributed by atoms with Crippen LogP contribution in [0, 0.1) is 23.7 Å². The van der Waals surface area contributed by atoms with Crippen molar-refractivity contribution in [2.24, 2.45) is 23.7 Å². The zero-order valence-electron chi connectivity index (χ0n) is 42.6. The van der Waals surface area contributed by atoms with Crippen LogP contribution in [0.4, 0.5) is 0 Å². The minimum atomic E-state index is -1.08. The zero-order chi connectivity index (χ0) is 50.9. The summed E-state index contributed by atoms with van der Waals surface area (Å²) in [6.07, 6.45) is -6.55. The Bertz CT molecular complexity index is 2380. The molecule has 8 rings (SSSR count). The molecule has 5 aromatic rings. The number of carbonyl (C=O) groups is 1. The molecule has 0 aromatic heterocycles. The average molecular weight is 1010 g/mol. The van der Waals surface area contributed by atoms with Crippen LogP contribution in [0.25, 0.3) is 0 Å². The Labute approximate surface area is 434 Å². The quantitative estimate of drug-likeness (QED) is 0.0332. The molecule has 7 unspecified atom stereocenters. The molecule has 5 aromatic carbocycles. The standard InChI is InChI=1S/C58H70B2O12P/c1-38-40(3)51(42(5)67-48(38)35-63-31-43-21-11-6-12-22-43)71-58-54(66-34-46-27-17-9-18-28-46)55(73-60-59-62)53(50(69-58)37-65-33-45-25-15-8-16-26-45)72-57-52(70-56(61)47-29-19-10-20-30-47)41(4)39(2)49(68-57)36-64-32-44-23-13-7-14-24-44/h6-30,38-42,48-55,57-58,73H,31-37H2,1-5H3/t38-,39-,40-,41-,42+,48?,49?,50?,51?,52?,53+,54?,55-,57-,58+/m0/s1.